The molecule has 0 fully saturated rings. The van der Waals surface area contributed by atoms with Crippen molar-refractivity contribution in [2.75, 3.05) is 6.54 Å². The number of carboxylic acid groups (broad SMARTS) is 1. The predicted octanol–water partition coefficient (Wildman–Crippen LogP) is -0.889. The zero-order valence-corrected chi connectivity index (χ0v) is 8.30. The lowest BCUT2D eigenvalue weighted by Gasteiger charge is -2.01. The van der Waals surface area contributed by atoms with Gasteiger partial charge < -0.3 is 10.4 Å². The molecule has 6 nitrogen and oxygen atoms in total. The Morgan fingerprint density at radius 2 is 2.33 bits per heavy atom. The van der Waals surface area contributed by atoms with Gasteiger partial charge in [-0.25, -0.2) is 0 Å². The van der Waals surface area contributed by atoms with Crippen LogP contribution in [0.3, 0.4) is 0 Å². The van der Waals surface area contributed by atoms with Gasteiger partial charge >= 0.3 is 5.97 Å². The highest BCUT2D eigenvalue weighted by molar-refractivity contribution is 5.93. The van der Waals surface area contributed by atoms with E-state index in [2.05, 4.69) is 10.4 Å². The van der Waals surface area contributed by atoms with Gasteiger partial charge in [0, 0.05) is 12.6 Å². The van der Waals surface area contributed by atoms with E-state index < -0.39 is 5.97 Å². The van der Waals surface area contributed by atoms with E-state index in [9.17, 15) is 9.59 Å². The van der Waals surface area contributed by atoms with Crippen molar-refractivity contribution < 1.29 is 19.4 Å². The maximum atomic E-state index is 11.4. The summed E-state index contributed by atoms with van der Waals surface area (Å²) in [4.78, 5) is 21.6. The quantitative estimate of drug-likeness (QED) is 0.631. The second kappa shape index (κ2) is 5.04. The van der Waals surface area contributed by atoms with Gasteiger partial charge in [-0.1, -0.05) is 4.68 Å². The standard InChI is InChI=1S/C9H11N3O3/c1-12-5-3-7(6-11-12)9(15)10-4-2-8(13)14/h3,5-6H,2,4H2,1H3,(H-,10,13,14,15)/p+1. The third-order valence-electron chi connectivity index (χ3n) is 1.74. The first-order chi connectivity index (χ1) is 7.09. The minimum Gasteiger partial charge on any atom is -0.481 e. The van der Waals surface area contributed by atoms with Gasteiger partial charge in [0.1, 0.15) is 6.20 Å². The lowest BCUT2D eigenvalue weighted by molar-refractivity contribution is -0.730. The largest absolute Gasteiger partial charge is 0.481 e. The highest BCUT2D eigenvalue weighted by Gasteiger charge is 2.07. The number of aryl methyl sites for hydroxylation is 1. The molecule has 0 saturated carbocycles. The number of aliphatic carboxylic acids is 1. The molecule has 2 N–H and O–H groups in total. The van der Waals surface area contributed by atoms with E-state index in [1.807, 2.05) is 0 Å². The number of hydrogen-bond donors (Lipinski definition) is 2. The molecule has 0 spiro atoms. The van der Waals surface area contributed by atoms with Gasteiger partial charge in [0.05, 0.1) is 12.0 Å². The second-order valence-corrected chi connectivity index (χ2v) is 2.99. The van der Waals surface area contributed by atoms with E-state index in [-0.39, 0.29) is 18.9 Å². The molecule has 15 heavy (non-hydrogen) atoms. The molecule has 0 aromatic carbocycles. The molecule has 80 valence electrons. The van der Waals surface area contributed by atoms with Crippen molar-refractivity contribution in [2.45, 2.75) is 6.42 Å². The minimum absolute atomic E-state index is 0.0836. The van der Waals surface area contributed by atoms with Crippen molar-refractivity contribution in [3.05, 3.63) is 24.0 Å². The topological polar surface area (TPSA) is 83.2 Å². The van der Waals surface area contributed by atoms with Crippen molar-refractivity contribution in [3.63, 3.8) is 0 Å². The smallest absolute Gasteiger partial charge is 0.305 e. The van der Waals surface area contributed by atoms with E-state index in [4.69, 9.17) is 5.11 Å². The molecular weight excluding hydrogens is 198 g/mol. The summed E-state index contributed by atoms with van der Waals surface area (Å²) in [6, 6.07) is 1.61. The van der Waals surface area contributed by atoms with Crippen LogP contribution in [-0.4, -0.2) is 28.6 Å². The van der Waals surface area contributed by atoms with E-state index in [0.717, 1.165) is 0 Å². The van der Waals surface area contributed by atoms with E-state index in [0.29, 0.717) is 5.56 Å². The van der Waals surface area contributed by atoms with Crippen LogP contribution in [0.1, 0.15) is 16.8 Å². The first-order valence-corrected chi connectivity index (χ1v) is 4.41. The summed E-state index contributed by atoms with van der Waals surface area (Å²) in [5.74, 6) is -1.25. The summed E-state index contributed by atoms with van der Waals surface area (Å²) in [5, 5.41) is 14.7. The number of nitrogens with one attached hydrogen (secondary N) is 1. The number of carboxylic acids is 1. The van der Waals surface area contributed by atoms with Crippen molar-refractivity contribution >= 4 is 11.9 Å². The Kier molecular flexibility index (Phi) is 3.73. The van der Waals surface area contributed by atoms with E-state index >= 15 is 0 Å². The van der Waals surface area contributed by atoms with E-state index in [1.54, 1.807) is 24.0 Å². The van der Waals surface area contributed by atoms with Crippen LogP contribution in [0.5, 0.6) is 0 Å². The SMILES string of the molecule is C[n+]1ccc(C(=O)NCCC(=O)O)cn1. The molecular formula is C9H12N3O3+. The van der Waals surface area contributed by atoms with Gasteiger partial charge in [-0.05, 0) is 5.10 Å². The van der Waals surface area contributed by atoms with Crippen LogP contribution >= 0.6 is 0 Å². The van der Waals surface area contributed by atoms with Crippen molar-refractivity contribution in [1.82, 2.24) is 10.4 Å². The van der Waals surface area contributed by atoms with Crippen LogP contribution in [0.2, 0.25) is 0 Å². The zero-order chi connectivity index (χ0) is 11.3. The number of rotatable bonds is 4. The van der Waals surface area contributed by atoms with E-state index in [1.165, 1.54) is 6.20 Å². The highest BCUT2D eigenvalue weighted by Crippen LogP contribution is 1.92. The Hall–Kier alpha value is -1.98. The van der Waals surface area contributed by atoms with Gasteiger partial charge in [-0.15, -0.1) is 0 Å². The first-order valence-electron chi connectivity index (χ1n) is 4.41. The number of nitrogens with zero attached hydrogens (tertiary/aromatic N) is 2. The summed E-state index contributed by atoms with van der Waals surface area (Å²) in [5.41, 5.74) is 0.415. The molecule has 0 unspecified atom stereocenters. The second-order valence-electron chi connectivity index (χ2n) is 2.99. The summed E-state index contributed by atoms with van der Waals surface area (Å²) in [6.45, 7) is 0.120. The van der Waals surface area contributed by atoms with Crippen molar-refractivity contribution in [3.8, 4) is 0 Å². The molecule has 1 aromatic rings. The summed E-state index contributed by atoms with van der Waals surface area (Å²) >= 11 is 0. The van der Waals surface area contributed by atoms with Crippen molar-refractivity contribution in [1.29, 1.82) is 0 Å². The Bertz CT molecular complexity index is 361. The fourth-order valence-electron chi connectivity index (χ4n) is 0.942. The molecule has 0 saturated heterocycles. The maximum Gasteiger partial charge on any atom is 0.305 e. The Morgan fingerprint density at radius 1 is 1.60 bits per heavy atom. The molecule has 6 heteroatoms. The fraction of sp³-hybridized carbons (Fsp3) is 0.333. The zero-order valence-electron chi connectivity index (χ0n) is 8.30. The van der Waals surface area contributed by atoms with Crippen LogP contribution < -0.4 is 10.00 Å². The monoisotopic (exact) mass is 210 g/mol. The molecule has 0 bridgehead atoms. The van der Waals surface area contributed by atoms with Crippen LogP contribution in [0, 0.1) is 0 Å². The number of carbonyl (C=O) groups excluding carboxylic acids is 1. The van der Waals surface area contributed by atoms with Gasteiger partial charge in [-0.3, -0.25) is 9.59 Å². The summed E-state index contributed by atoms with van der Waals surface area (Å²) < 4.78 is 1.56. The van der Waals surface area contributed by atoms with Crippen LogP contribution in [0.4, 0.5) is 0 Å². The number of carbonyl (C=O) groups is 2. The predicted molar refractivity (Wildman–Crippen MR) is 50.0 cm³/mol. The molecule has 1 aromatic heterocycles. The molecule has 0 radical (unpaired) electrons. The number of hydrogen-bond acceptors (Lipinski definition) is 3. The van der Waals surface area contributed by atoms with Crippen LogP contribution in [0.15, 0.2) is 18.5 Å². The highest BCUT2D eigenvalue weighted by atomic mass is 16.4. The lowest BCUT2D eigenvalue weighted by Crippen LogP contribution is -2.33. The molecule has 0 aliphatic rings. The molecule has 1 rings (SSSR count). The average Bonchev–Trinajstić information content (AvgIpc) is 2.18. The molecule has 0 aliphatic carbocycles. The number of aromatic nitrogens is 2. The summed E-state index contributed by atoms with van der Waals surface area (Å²) in [6.07, 6.45) is 2.99. The molecule has 1 heterocycles. The lowest BCUT2D eigenvalue weighted by atomic mass is 10.3. The van der Waals surface area contributed by atoms with Crippen LogP contribution in [0.25, 0.3) is 0 Å². The Balaban J connectivity index is 2.47. The Morgan fingerprint density at radius 3 is 2.87 bits per heavy atom. The van der Waals surface area contributed by atoms with Crippen molar-refractivity contribution in [2.24, 2.45) is 7.05 Å². The fourth-order valence-corrected chi connectivity index (χ4v) is 0.942. The normalized spacial score (nSPS) is 9.67. The Labute approximate surface area is 86.5 Å². The van der Waals surface area contributed by atoms with Gasteiger partial charge in [0.25, 0.3) is 5.91 Å². The third-order valence-corrected chi connectivity index (χ3v) is 1.74. The third kappa shape index (κ3) is 3.72. The average molecular weight is 210 g/mol. The number of amides is 1. The minimum atomic E-state index is -0.937. The van der Waals surface area contributed by atoms with Gasteiger partial charge in [0.2, 0.25) is 0 Å². The summed E-state index contributed by atoms with van der Waals surface area (Å²) in [7, 11) is 1.74. The van der Waals surface area contributed by atoms with Gasteiger partial charge in [-0.2, -0.15) is 0 Å². The molecule has 0 aliphatic heterocycles. The first kappa shape index (κ1) is 11.1. The maximum absolute atomic E-state index is 11.4. The molecule has 0 atom stereocenters. The van der Waals surface area contributed by atoms with Crippen LogP contribution in [-0.2, 0) is 11.8 Å². The molecule has 1 amide bonds. The van der Waals surface area contributed by atoms with Gasteiger partial charge in [0.15, 0.2) is 13.2 Å².